The number of nitrogens with one attached hydrogen (secondary N) is 1. The average Bonchev–Trinajstić information content (AvgIpc) is 2.43. The quantitative estimate of drug-likeness (QED) is 0.497. The maximum Gasteiger partial charge on any atom is 0.264 e. The first-order valence-corrected chi connectivity index (χ1v) is 6.23. The first kappa shape index (κ1) is 14.8. The maximum absolute atomic E-state index is 11.8. The number of carbonyl (C=O) groups excluding carboxylic acids is 1. The molecule has 1 aromatic heterocycles. The third kappa shape index (κ3) is 2.81. The number of rotatable bonds is 4. The van der Waals surface area contributed by atoms with Crippen LogP contribution in [-0.2, 0) is 10.5 Å². The summed E-state index contributed by atoms with van der Waals surface area (Å²) < 4.78 is 0. The summed E-state index contributed by atoms with van der Waals surface area (Å²) >= 11 is 5.81. The predicted molar refractivity (Wildman–Crippen MR) is 81.0 cm³/mol. The van der Waals surface area contributed by atoms with Crippen molar-refractivity contribution in [2.75, 3.05) is 16.8 Å². The van der Waals surface area contributed by atoms with Crippen molar-refractivity contribution in [3.8, 4) is 0 Å². The first-order valence-electron chi connectivity index (χ1n) is 5.85. The molecule has 1 heterocycles. The van der Waals surface area contributed by atoms with Gasteiger partial charge >= 0.3 is 0 Å². The number of benzene rings is 1. The monoisotopic (exact) mass is 307 g/mol. The molecule has 8 nitrogen and oxygen atoms in total. The third-order valence-corrected chi connectivity index (χ3v) is 3.06. The van der Waals surface area contributed by atoms with Crippen LogP contribution in [-0.4, -0.2) is 15.9 Å². The average molecular weight is 308 g/mol. The first-order chi connectivity index (χ1) is 9.84. The Labute approximate surface area is 125 Å². The van der Waals surface area contributed by atoms with Crippen molar-refractivity contribution in [2.24, 2.45) is 11.5 Å². The normalized spacial score (nSPS) is 13.4. The van der Waals surface area contributed by atoms with Gasteiger partial charge in [0.1, 0.15) is 5.69 Å². The van der Waals surface area contributed by atoms with Crippen LogP contribution in [0.25, 0.3) is 0 Å². The number of primary amides is 1. The zero-order valence-electron chi connectivity index (χ0n) is 10.9. The second-order valence-corrected chi connectivity index (χ2v) is 4.65. The van der Waals surface area contributed by atoms with Crippen LogP contribution < -0.4 is 28.3 Å². The van der Waals surface area contributed by atoms with Gasteiger partial charge in [0.05, 0.1) is 0 Å². The molecule has 0 fully saturated rings. The topological polar surface area (TPSA) is 159 Å². The van der Waals surface area contributed by atoms with Gasteiger partial charge in [-0.15, -0.1) is 0 Å². The van der Waals surface area contributed by atoms with Gasteiger partial charge in [0, 0.05) is 5.69 Å². The number of nitrogens with two attached hydrogens (primary N) is 4. The number of carbonyl (C=O) groups is 1. The number of nitrogen functional groups attached to an aromatic ring is 2. The van der Waals surface area contributed by atoms with E-state index >= 15 is 0 Å². The zero-order chi connectivity index (χ0) is 15.6. The molecule has 0 aliphatic carbocycles. The lowest BCUT2D eigenvalue weighted by Crippen LogP contribution is -2.56. The van der Waals surface area contributed by atoms with Crippen LogP contribution in [0.1, 0.15) is 5.69 Å². The Morgan fingerprint density at radius 3 is 2.33 bits per heavy atom. The molecule has 9 heteroatoms. The number of amides is 1. The molecule has 0 aliphatic rings. The summed E-state index contributed by atoms with van der Waals surface area (Å²) in [7, 11) is 0. The van der Waals surface area contributed by atoms with Crippen LogP contribution in [0.15, 0.2) is 30.3 Å². The SMILES string of the molecule is NC(=O)C(N)(Nc1ccccc1)c1nc(Cl)c(N)nc1N. The van der Waals surface area contributed by atoms with Crippen molar-refractivity contribution in [3.63, 3.8) is 0 Å². The molecule has 1 amide bonds. The van der Waals surface area contributed by atoms with E-state index in [1.807, 2.05) is 6.07 Å². The van der Waals surface area contributed by atoms with Gasteiger partial charge in [-0.2, -0.15) is 0 Å². The Morgan fingerprint density at radius 1 is 1.14 bits per heavy atom. The summed E-state index contributed by atoms with van der Waals surface area (Å²) in [6, 6.07) is 8.73. The molecule has 0 saturated heterocycles. The van der Waals surface area contributed by atoms with Crippen molar-refractivity contribution in [1.29, 1.82) is 0 Å². The molecule has 0 aliphatic heterocycles. The van der Waals surface area contributed by atoms with Crippen molar-refractivity contribution < 1.29 is 4.79 Å². The summed E-state index contributed by atoms with van der Waals surface area (Å²) in [6.45, 7) is 0. The van der Waals surface area contributed by atoms with Gasteiger partial charge in [-0.1, -0.05) is 29.8 Å². The largest absolute Gasteiger partial charge is 0.382 e. The third-order valence-electron chi connectivity index (χ3n) is 2.78. The molecule has 1 aromatic carbocycles. The number of anilines is 3. The van der Waals surface area contributed by atoms with Crippen molar-refractivity contribution in [1.82, 2.24) is 9.97 Å². The second kappa shape index (κ2) is 5.43. The smallest absolute Gasteiger partial charge is 0.264 e. The number of halogens is 1. The lowest BCUT2D eigenvalue weighted by Gasteiger charge is -2.28. The van der Waals surface area contributed by atoms with Gasteiger partial charge in [-0.25, -0.2) is 9.97 Å². The van der Waals surface area contributed by atoms with E-state index in [9.17, 15) is 4.79 Å². The van der Waals surface area contributed by atoms with Crippen molar-refractivity contribution >= 4 is 34.8 Å². The number of para-hydroxylation sites is 1. The highest BCUT2D eigenvalue weighted by Gasteiger charge is 2.39. The van der Waals surface area contributed by atoms with E-state index < -0.39 is 11.6 Å². The molecule has 21 heavy (non-hydrogen) atoms. The predicted octanol–water partition coefficient (Wildman–Crippen LogP) is 0.00330. The van der Waals surface area contributed by atoms with Crippen LogP contribution in [0.3, 0.4) is 0 Å². The van der Waals surface area contributed by atoms with Crippen LogP contribution in [0, 0.1) is 0 Å². The molecule has 1 atom stereocenters. The number of hydrogen-bond acceptors (Lipinski definition) is 7. The number of nitrogens with zero attached hydrogens (tertiary/aromatic N) is 2. The molecule has 0 saturated carbocycles. The summed E-state index contributed by atoms with van der Waals surface area (Å²) in [5, 5.41) is 2.66. The molecule has 0 spiro atoms. The number of aromatic nitrogens is 2. The molecule has 0 bridgehead atoms. The van der Waals surface area contributed by atoms with Gasteiger partial charge < -0.3 is 22.5 Å². The second-order valence-electron chi connectivity index (χ2n) is 4.30. The lowest BCUT2D eigenvalue weighted by atomic mass is 10.1. The Morgan fingerprint density at radius 2 is 1.76 bits per heavy atom. The zero-order valence-corrected chi connectivity index (χ0v) is 11.6. The fourth-order valence-electron chi connectivity index (χ4n) is 1.72. The summed E-state index contributed by atoms with van der Waals surface area (Å²) in [4.78, 5) is 19.5. The Kier molecular flexibility index (Phi) is 3.83. The minimum Gasteiger partial charge on any atom is -0.382 e. The van der Waals surface area contributed by atoms with E-state index in [0.29, 0.717) is 5.69 Å². The molecule has 1 unspecified atom stereocenters. The highest BCUT2D eigenvalue weighted by Crippen LogP contribution is 2.26. The van der Waals surface area contributed by atoms with E-state index in [4.69, 9.17) is 34.5 Å². The van der Waals surface area contributed by atoms with Crippen LogP contribution in [0.4, 0.5) is 17.3 Å². The van der Waals surface area contributed by atoms with Gasteiger partial charge in [0.25, 0.3) is 5.91 Å². The minimum atomic E-state index is -1.88. The van der Waals surface area contributed by atoms with E-state index in [0.717, 1.165) is 0 Å². The van der Waals surface area contributed by atoms with Crippen LogP contribution >= 0.6 is 11.6 Å². The minimum absolute atomic E-state index is 0.0653. The van der Waals surface area contributed by atoms with E-state index in [1.54, 1.807) is 24.3 Å². The summed E-state index contributed by atoms with van der Waals surface area (Å²) in [5.41, 5.74) is 21.2. The van der Waals surface area contributed by atoms with Gasteiger partial charge in [-0.05, 0) is 12.1 Å². The summed E-state index contributed by atoms with van der Waals surface area (Å²) in [6.07, 6.45) is 0. The van der Waals surface area contributed by atoms with Crippen LogP contribution in [0.5, 0.6) is 0 Å². The van der Waals surface area contributed by atoms with Gasteiger partial charge in [-0.3, -0.25) is 10.5 Å². The van der Waals surface area contributed by atoms with Gasteiger partial charge in [0.2, 0.25) is 5.66 Å². The van der Waals surface area contributed by atoms with E-state index in [-0.39, 0.29) is 22.5 Å². The number of hydrogen-bond donors (Lipinski definition) is 5. The van der Waals surface area contributed by atoms with E-state index in [1.165, 1.54) is 0 Å². The van der Waals surface area contributed by atoms with Crippen molar-refractivity contribution in [2.45, 2.75) is 5.66 Å². The lowest BCUT2D eigenvalue weighted by molar-refractivity contribution is -0.122. The van der Waals surface area contributed by atoms with Gasteiger partial charge in [0.15, 0.2) is 16.8 Å². The fraction of sp³-hybridized carbons (Fsp3) is 0.0833. The molecule has 9 N–H and O–H groups in total. The molecule has 0 radical (unpaired) electrons. The highest BCUT2D eigenvalue weighted by atomic mass is 35.5. The fourth-order valence-corrected chi connectivity index (χ4v) is 1.85. The molecule has 2 aromatic rings. The maximum atomic E-state index is 11.8. The standard InChI is InChI=1S/C12H14ClN7O/c13-8-10(15)19-9(14)7(18-8)12(17,11(16)21)20-6-4-2-1-3-5-6/h1-5,20H,17H2,(H2,16,21)(H4,14,15,19). The Balaban J connectivity index is 2.53. The molecular weight excluding hydrogens is 294 g/mol. The van der Waals surface area contributed by atoms with Crippen LogP contribution in [0.2, 0.25) is 5.15 Å². The molecule has 110 valence electrons. The molecular formula is C12H14ClN7O. The van der Waals surface area contributed by atoms with E-state index in [2.05, 4.69) is 15.3 Å². The summed E-state index contributed by atoms with van der Waals surface area (Å²) in [5.74, 6) is -1.10. The highest BCUT2D eigenvalue weighted by molar-refractivity contribution is 6.31. The Bertz CT molecular complexity index is 679. The Hall–Kier alpha value is -2.58. The van der Waals surface area contributed by atoms with Crippen molar-refractivity contribution in [3.05, 3.63) is 41.2 Å². The molecule has 2 rings (SSSR count).